The topological polar surface area (TPSA) is 59.3 Å². The summed E-state index contributed by atoms with van der Waals surface area (Å²) in [4.78, 5) is 17.2. The van der Waals surface area contributed by atoms with E-state index in [-0.39, 0.29) is 11.9 Å². The summed E-state index contributed by atoms with van der Waals surface area (Å²) in [5, 5.41) is 7.63. The Hall–Kier alpha value is -2.69. The van der Waals surface area contributed by atoms with Gasteiger partial charge >= 0.3 is 0 Å². The molecule has 0 saturated heterocycles. The fourth-order valence-electron chi connectivity index (χ4n) is 3.66. The molecule has 0 spiro atoms. The number of hydrogen-bond donors (Lipinski definition) is 1. The maximum Gasteiger partial charge on any atom is 0.220 e. The Morgan fingerprint density at radius 3 is 2.63 bits per heavy atom. The zero-order valence-electron chi connectivity index (χ0n) is 17.1. The van der Waals surface area contributed by atoms with Crippen LogP contribution in [0.25, 0.3) is 5.65 Å². The quantitative estimate of drug-likeness (QED) is 0.742. The molecule has 0 radical (unpaired) electrons. The standard InChI is InChI=1S/C22H28N4O/c1-13-7-8-14(2)20(11-13)17(5)24-22(27)10-9-19-16(4)23-21-12-15(3)25-26(21)18(19)6/h7-8,11-12,17H,9-10H2,1-6H3,(H,24,27). The van der Waals surface area contributed by atoms with Gasteiger partial charge in [0.15, 0.2) is 5.65 Å². The second kappa shape index (κ2) is 7.51. The zero-order chi connectivity index (χ0) is 19.7. The third-order valence-corrected chi connectivity index (χ3v) is 5.17. The van der Waals surface area contributed by atoms with E-state index in [4.69, 9.17) is 0 Å². The molecule has 0 aliphatic heterocycles. The summed E-state index contributed by atoms with van der Waals surface area (Å²) in [5.74, 6) is 0.0546. The third kappa shape index (κ3) is 4.02. The van der Waals surface area contributed by atoms with Crippen molar-refractivity contribution in [3.63, 3.8) is 0 Å². The second-order valence-electron chi connectivity index (χ2n) is 7.47. The molecule has 1 aromatic carbocycles. The molecule has 3 aromatic rings. The van der Waals surface area contributed by atoms with E-state index in [1.54, 1.807) is 0 Å². The molecule has 142 valence electrons. The first-order valence-electron chi connectivity index (χ1n) is 9.45. The first kappa shape index (κ1) is 19.1. The van der Waals surface area contributed by atoms with Crippen molar-refractivity contribution in [2.24, 2.45) is 0 Å². The van der Waals surface area contributed by atoms with Gasteiger partial charge in [-0.25, -0.2) is 9.50 Å². The van der Waals surface area contributed by atoms with Crippen molar-refractivity contribution in [3.8, 4) is 0 Å². The summed E-state index contributed by atoms with van der Waals surface area (Å²) >= 11 is 0. The number of benzene rings is 1. The minimum Gasteiger partial charge on any atom is -0.350 e. The van der Waals surface area contributed by atoms with Crippen molar-refractivity contribution >= 4 is 11.6 Å². The number of nitrogens with zero attached hydrogens (tertiary/aromatic N) is 3. The van der Waals surface area contributed by atoms with Gasteiger partial charge in [-0.3, -0.25) is 4.79 Å². The van der Waals surface area contributed by atoms with Gasteiger partial charge in [-0.05, 0) is 64.7 Å². The molecule has 0 aliphatic rings. The molecular weight excluding hydrogens is 336 g/mol. The Bertz CT molecular complexity index is 1000. The van der Waals surface area contributed by atoms with Gasteiger partial charge in [-0.2, -0.15) is 5.10 Å². The lowest BCUT2D eigenvalue weighted by molar-refractivity contribution is -0.121. The molecule has 2 heterocycles. The van der Waals surface area contributed by atoms with Gasteiger partial charge in [-0.15, -0.1) is 0 Å². The van der Waals surface area contributed by atoms with Gasteiger partial charge in [-0.1, -0.05) is 23.8 Å². The van der Waals surface area contributed by atoms with Crippen LogP contribution in [0.5, 0.6) is 0 Å². The normalized spacial score (nSPS) is 12.4. The van der Waals surface area contributed by atoms with Crippen molar-refractivity contribution in [1.82, 2.24) is 19.9 Å². The van der Waals surface area contributed by atoms with Gasteiger partial charge < -0.3 is 5.32 Å². The highest BCUT2D eigenvalue weighted by molar-refractivity contribution is 5.76. The molecule has 1 N–H and O–H groups in total. The Morgan fingerprint density at radius 1 is 1.15 bits per heavy atom. The van der Waals surface area contributed by atoms with Gasteiger partial charge in [0, 0.05) is 23.9 Å². The number of fused-ring (bicyclic) bond motifs is 1. The van der Waals surface area contributed by atoms with Crippen molar-refractivity contribution < 1.29 is 4.79 Å². The van der Waals surface area contributed by atoms with Gasteiger partial charge in [0.1, 0.15) is 0 Å². The number of nitrogens with one attached hydrogen (secondary N) is 1. The second-order valence-corrected chi connectivity index (χ2v) is 7.47. The molecule has 1 atom stereocenters. The first-order chi connectivity index (χ1) is 12.8. The molecule has 1 unspecified atom stereocenters. The molecule has 5 heteroatoms. The third-order valence-electron chi connectivity index (χ3n) is 5.17. The van der Waals surface area contributed by atoms with Crippen molar-refractivity contribution in [2.75, 3.05) is 0 Å². The van der Waals surface area contributed by atoms with E-state index >= 15 is 0 Å². The summed E-state index contributed by atoms with van der Waals surface area (Å²) in [6.07, 6.45) is 1.09. The van der Waals surface area contributed by atoms with E-state index in [2.05, 4.69) is 47.4 Å². The molecule has 2 aromatic heterocycles. The summed E-state index contributed by atoms with van der Waals surface area (Å²) in [5.41, 5.74) is 8.50. The number of carbonyl (C=O) groups is 1. The van der Waals surface area contributed by atoms with Crippen LogP contribution in [0.2, 0.25) is 0 Å². The molecule has 27 heavy (non-hydrogen) atoms. The molecule has 1 amide bonds. The number of amides is 1. The summed E-state index contributed by atoms with van der Waals surface area (Å²) in [6, 6.07) is 8.31. The van der Waals surface area contributed by atoms with E-state index < -0.39 is 0 Å². The van der Waals surface area contributed by atoms with Crippen LogP contribution in [0.3, 0.4) is 0 Å². The molecule has 0 bridgehead atoms. The molecular formula is C22H28N4O. The largest absolute Gasteiger partial charge is 0.350 e. The highest BCUT2D eigenvalue weighted by atomic mass is 16.1. The molecule has 0 fully saturated rings. The number of aromatic nitrogens is 3. The monoisotopic (exact) mass is 364 g/mol. The van der Waals surface area contributed by atoms with E-state index in [9.17, 15) is 4.79 Å². The number of aryl methyl sites for hydroxylation is 5. The Labute approximate surface area is 160 Å². The van der Waals surface area contributed by atoms with E-state index in [0.29, 0.717) is 12.8 Å². The van der Waals surface area contributed by atoms with Crippen LogP contribution in [0.1, 0.15) is 58.7 Å². The number of hydrogen-bond acceptors (Lipinski definition) is 3. The number of carbonyl (C=O) groups excluding carboxylic acids is 1. The van der Waals surface area contributed by atoms with E-state index in [1.165, 1.54) is 16.7 Å². The predicted molar refractivity (Wildman–Crippen MR) is 108 cm³/mol. The summed E-state index contributed by atoms with van der Waals surface area (Å²) in [6.45, 7) is 12.2. The predicted octanol–water partition coefficient (Wildman–Crippen LogP) is 4.08. The lowest BCUT2D eigenvalue weighted by Gasteiger charge is -2.18. The van der Waals surface area contributed by atoms with Crippen LogP contribution < -0.4 is 5.32 Å². The fourth-order valence-corrected chi connectivity index (χ4v) is 3.66. The lowest BCUT2D eigenvalue weighted by Crippen LogP contribution is -2.27. The highest BCUT2D eigenvalue weighted by Crippen LogP contribution is 2.20. The first-order valence-corrected chi connectivity index (χ1v) is 9.45. The Balaban J connectivity index is 1.70. The fraction of sp³-hybridized carbons (Fsp3) is 0.409. The average molecular weight is 364 g/mol. The molecule has 0 aliphatic carbocycles. The maximum atomic E-state index is 12.5. The maximum absolute atomic E-state index is 12.5. The van der Waals surface area contributed by atoms with Gasteiger partial charge in [0.25, 0.3) is 0 Å². The van der Waals surface area contributed by atoms with Gasteiger partial charge in [0.2, 0.25) is 5.91 Å². The SMILES string of the molecule is Cc1ccc(C)c(C(C)NC(=O)CCc2c(C)nc3cc(C)nn3c2C)c1. The summed E-state index contributed by atoms with van der Waals surface area (Å²) < 4.78 is 1.87. The highest BCUT2D eigenvalue weighted by Gasteiger charge is 2.15. The van der Waals surface area contributed by atoms with Crippen LogP contribution in [-0.4, -0.2) is 20.5 Å². The minimum atomic E-state index is -0.00559. The zero-order valence-corrected chi connectivity index (χ0v) is 17.1. The minimum absolute atomic E-state index is 0.00559. The van der Waals surface area contributed by atoms with Crippen molar-refractivity contribution in [1.29, 1.82) is 0 Å². The van der Waals surface area contributed by atoms with Crippen molar-refractivity contribution in [2.45, 2.75) is 60.4 Å². The van der Waals surface area contributed by atoms with E-state index in [1.807, 2.05) is 38.3 Å². The van der Waals surface area contributed by atoms with Crippen LogP contribution >= 0.6 is 0 Å². The lowest BCUT2D eigenvalue weighted by atomic mass is 9.99. The number of rotatable bonds is 5. The Morgan fingerprint density at radius 2 is 1.89 bits per heavy atom. The van der Waals surface area contributed by atoms with Crippen LogP contribution in [-0.2, 0) is 11.2 Å². The van der Waals surface area contributed by atoms with Crippen LogP contribution in [0.4, 0.5) is 0 Å². The smallest absolute Gasteiger partial charge is 0.220 e. The van der Waals surface area contributed by atoms with Gasteiger partial charge in [0.05, 0.1) is 11.7 Å². The van der Waals surface area contributed by atoms with E-state index in [0.717, 1.165) is 28.3 Å². The average Bonchev–Trinajstić information content (AvgIpc) is 2.97. The van der Waals surface area contributed by atoms with Crippen LogP contribution in [0, 0.1) is 34.6 Å². The molecule has 3 rings (SSSR count). The van der Waals surface area contributed by atoms with Crippen molar-refractivity contribution in [3.05, 3.63) is 63.6 Å². The molecule has 0 saturated carbocycles. The molecule has 5 nitrogen and oxygen atoms in total. The summed E-state index contributed by atoms with van der Waals surface area (Å²) in [7, 11) is 0. The van der Waals surface area contributed by atoms with Crippen LogP contribution in [0.15, 0.2) is 24.3 Å². The Kier molecular flexibility index (Phi) is 5.31.